The van der Waals surface area contributed by atoms with Gasteiger partial charge in [0.05, 0.1) is 11.7 Å². The van der Waals surface area contributed by atoms with Crippen molar-refractivity contribution in [1.29, 1.82) is 0 Å². The van der Waals surface area contributed by atoms with Crippen molar-refractivity contribution in [3.63, 3.8) is 0 Å². The molecule has 0 radical (unpaired) electrons. The van der Waals surface area contributed by atoms with Crippen molar-refractivity contribution < 1.29 is 0 Å². The lowest BCUT2D eigenvalue weighted by Gasteiger charge is -2.14. The van der Waals surface area contributed by atoms with E-state index in [0.717, 1.165) is 23.7 Å². The molecule has 5 heteroatoms. The van der Waals surface area contributed by atoms with Crippen molar-refractivity contribution >= 4 is 17.0 Å². The normalized spacial score (nSPS) is 12.3. The lowest BCUT2D eigenvalue weighted by molar-refractivity contribution is 0.654. The summed E-state index contributed by atoms with van der Waals surface area (Å²) in [7, 11) is 0. The van der Waals surface area contributed by atoms with E-state index in [-0.39, 0.29) is 11.6 Å². The minimum absolute atomic E-state index is 0.0456. The second kappa shape index (κ2) is 5.82. The van der Waals surface area contributed by atoms with E-state index in [1.165, 1.54) is 0 Å². The van der Waals surface area contributed by atoms with Crippen molar-refractivity contribution in [3.8, 4) is 0 Å². The second-order valence-electron chi connectivity index (χ2n) is 4.19. The molecule has 1 atom stereocenters. The first kappa shape index (κ1) is 12.8. The van der Waals surface area contributed by atoms with E-state index in [0.29, 0.717) is 0 Å². The van der Waals surface area contributed by atoms with Crippen molar-refractivity contribution in [2.24, 2.45) is 0 Å². The van der Waals surface area contributed by atoms with Gasteiger partial charge in [0.2, 0.25) is 0 Å². The average Bonchev–Trinajstić information content (AvgIpc) is 2.87. The van der Waals surface area contributed by atoms with Gasteiger partial charge < -0.3 is 9.88 Å². The summed E-state index contributed by atoms with van der Waals surface area (Å²) in [4.78, 5) is 15.9. The summed E-state index contributed by atoms with van der Waals surface area (Å²) in [5, 5.41) is 6.37. The molecule has 0 saturated carbocycles. The molecule has 4 nitrogen and oxygen atoms in total. The fraction of sp³-hybridized carbons (Fsp3) is 0.385. The third-order valence-corrected chi connectivity index (χ3v) is 3.61. The van der Waals surface area contributed by atoms with Gasteiger partial charge in [-0.25, -0.2) is 4.98 Å². The minimum Gasteiger partial charge on any atom is -0.375 e. The Hall–Kier alpha value is -1.62. The molecule has 0 aliphatic rings. The first-order valence-corrected chi connectivity index (χ1v) is 6.95. The number of hydrogen-bond donors (Lipinski definition) is 1. The van der Waals surface area contributed by atoms with Gasteiger partial charge >= 0.3 is 0 Å². The number of pyridine rings is 1. The molecule has 2 heterocycles. The molecule has 0 saturated heterocycles. The molecule has 0 aromatic carbocycles. The van der Waals surface area contributed by atoms with Crippen molar-refractivity contribution in [2.75, 3.05) is 5.32 Å². The van der Waals surface area contributed by atoms with Crippen LogP contribution in [0.15, 0.2) is 34.7 Å². The van der Waals surface area contributed by atoms with Crippen LogP contribution in [0, 0.1) is 0 Å². The summed E-state index contributed by atoms with van der Waals surface area (Å²) >= 11 is 1.63. The third-order valence-electron chi connectivity index (χ3n) is 2.65. The zero-order valence-electron chi connectivity index (χ0n) is 10.6. The second-order valence-corrected chi connectivity index (χ2v) is 5.11. The van der Waals surface area contributed by atoms with Crippen LogP contribution < -0.4 is 10.9 Å². The standard InChI is InChI=1S/C13H17N3OS/c1-3-7-16-9-11(4-5-12(16)17)15-10(2)13-14-6-8-18-13/h4-6,8-10,15H,3,7H2,1-2H3. The van der Waals surface area contributed by atoms with Crippen LogP contribution in [0.5, 0.6) is 0 Å². The molecule has 2 aromatic rings. The van der Waals surface area contributed by atoms with Gasteiger partial charge in [-0.2, -0.15) is 0 Å². The average molecular weight is 263 g/mol. The minimum atomic E-state index is 0.0456. The van der Waals surface area contributed by atoms with Crippen LogP contribution in [0.3, 0.4) is 0 Å². The van der Waals surface area contributed by atoms with Crippen molar-refractivity contribution in [1.82, 2.24) is 9.55 Å². The fourth-order valence-electron chi connectivity index (χ4n) is 1.79. The molecule has 2 aromatic heterocycles. The van der Waals surface area contributed by atoms with Crippen molar-refractivity contribution in [3.05, 3.63) is 45.3 Å². The van der Waals surface area contributed by atoms with Crippen LogP contribution in [0.1, 0.15) is 31.3 Å². The highest BCUT2D eigenvalue weighted by Crippen LogP contribution is 2.19. The summed E-state index contributed by atoms with van der Waals surface area (Å²) in [6, 6.07) is 3.57. The summed E-state index contributed by atoms with van der Waals surface area (Å²) in [6.07, 6.45) is 4.62. The van der Waals surface area contributed by atoms with Crippen LogP contribution in [0.4, 0.5) is 5.69 Å². The largest absolute Gasteiger partial charge is 0.375 e. The molecule has 0 spiro atoms. The van der Waals surface area contributed by atoms with E-state index in [1.807, 2.05) is 17.6 Å². The number of rotatable bonds is 5. The van der Waals surface area contributed by atoms with Gasteiger partial charge in [-0.05, 0) is 19.4 Å². The van der Waals surface area contributed by atoms with Gasteiger partial charge in [-0.3, -0.25) is 4.79 Å². The van der Waals surface area contributed by atoms with Crippen LogP contribution in [-0.2, 0) is 6.54 Å². The highest BCUT2D eigenvalue weighted by atomic mass is 32.1. The predicted octanol–water partition coefficient (Wildman–Crippen LogP) is 2.89. The molecule has 0 aliphatic heterocycles. The van der Waals surface area contributed by atoms with Gasteiger partial charge in [0.1, 0.15) is 5.01 Å². The third kappa shape index (κ3) is 2.98. The predicted molar refractivity (Wildman–Crippen MR) is 75.1 cm³/mol. The monoisotopic (exact) mass is 263 g/mol. The lowest BCUT2D eigenvalue weighted by Crippen LogP contribution is -2.19. The van der Waals surface area contributed by atoms with Gasteiger partial charge in [0, 0.05) is 30.4 Å². The van der Waals surface area contributed by atoms with E-state index in [2.05, 4.69) is 24.1 Å². The summed E-state index contributed by atoms with van der Waals surface area (Å²) in [5.41, 5.74) is 0.995. The van der Waals surface area contributed by atoms with Crippen molar-refractivity contribution in [2.45, 2.75) is 32.9 Å². The van der Waals surface area contributed by atoms with Crippen LogP contribution in [0.25, 0.3) is 0 Å². The first-order chi connectivity index (χ1) is 8.70. The number of nitrogens with one attached hydrogen (secondary N) is 1. The highest BCUT2D eigenvalue weighted by molar-refractivity contribution is 7.09. The van der Waals surface area contributed by atoms with Crippen LogP contribution >= 0.6 is 11.3 Å². The maximum Gasteiger partial charge on any atom is 0.250 e. The number of aromatic nitrogens is 2. The highest BCUT2D eigenvalue weighted by Gasteiger charge is 2.08. The molecule has 0 fully saturated rings. The Kier molecular flexibility index (Phi) is 4.15. The summed E-state index contributed by atoms with van der Waals surface area (Å²) < 4.78 is 1.73. The van der Waals surface area contributed by atoms with E-state index in [4.69, 9.17) is 0 Å². The topological polar surface area (TPSA) is 46.9 Å². The molecule has 96 valence electrons. The molecule has 18 heavy (non-hydrogen) atoms. The van der Waals surface area contributed by atoms with Crippen LogP contribution in [-0.4, -0.2) is 9.55 Å². The quantitative estimate of drug-likeness (QED) is 0.902. The van der Waals surface area contributed by atoms with Gasteiger partial charge in [-0.15, -0.1) is 11.3 Å². The Morgan fingerprint density at radius 3 is 3.00 bits per heavy atom. The molecule has 0 amide bonds. The smallest absolute Gasteiger partial charge is 0.250 e. The van der Waals surface area contributed by atoms with E-state index >= 15 is 0 Å². The number of anilines is 1. The van der Waals surface area contributed by atoms with E-state index < -0.39 is 0 Å². The molecule has 0 aliphatic carbocycles. The number of nitrogens with zero attached hydrogens (tertiary/aromatic N) is 2. The van der Waals surface area contributed by atoms with Gasteiger partial charge in [0.15, 0.2) is 0 Å². The Balaban J connectivity index is 2.14. The van der Waals surface area contributed by atoms with Crippen LogP contribution in [0.2, 0.25) is 0 Å². The zero-order valence-corrected chi connectivity index (χ0v) is 11.4. The number of hydrogen-bond acceptors (Lipinski definition) is 4. The molecule has 0 bridgehead atoms. The zero-order chi connectivity index (χ0) is 13.0. The Morgan fingerprint density at radius 1 is 1.50 bits per heavy atom. The SMILES string of the molecule is CCCn1cc(NC(C)c2nccs2)ccc1=O. The Bertz CT molecular complexity index is 548. The van der Waals surface area contributed by atoms with E-state index in [9.17, 15) is 4.79 Å². The van der Waals surface area contributed by atoms with E-state index in [1.54, 1.807) is 28.2 Å². The van der Waals surface area contributed by atoms with Gasteiger partial charge in [-0.1, -0.05) is 6.92 Å². The molecule has 2 rings (SSSR count). The summed E-state index contributed by atoms with van der Waals surface area (Å²) in [5.74, 6) is 0. The summed E-state index contributed by atoms with van der Waals surface area (Å²) in [6.45, 7) is 4.87. The maximum atomic E-state index is 11.6. The number of aryl methyl sites for hydroxylation is 1. The molecule has 1 N–H and O–H groups in total. The lowest BCUT2D eigenvalue weighted by atomic mass is 10.3. The Morgan fingerprint density at radius 2 is 2.33 bits per heavy atom. The Labute approximate surface area is 110 Å². The maximum absolute atomic E-state index is 11.6. The molecular weight excluding hydrogens is 246 g/mol. The molecule has 1 unspecified atom stereocenters. The van der Waals surface area contributed by atoms with Gasteiger partial charge in [0.25, 0.3) is 5.56 Å². The number of thiazole rings is 1. The molecular formula is C13H17N3OS. The first-order valence-electron chi connectivity index (χ1n) is 6.07. The fourth-order valence-corrected chi connectivity index (χ4v) is 2.44.